The quantitative estimate of drug-likeness (QED) is 0.695. The van der Waals surface area contributed by atoms with Gasteiger partial charge in [-0.1, -0.05) is 6.07 Å². The van der Waals surface area contributed by atoms with Crippen molar-refractivity contribution in [3.05, 3.63) is 63.6 Å². The van der Waals surface area contributed by atoms with Gasteiger partial charge in [0.05, 0.1) is 5.69 Å². The number of halogens is 1. The van der Waals surface area contributed by atoms with Gasteiger partial charge in [0.25, 0.3) is 5.91 Å². The van der Waals surface area contributed by atoms with Gasteiger partial charge >= 0.3 is 0 Å². The van der Waals surface area contributed by atoms with Crippen molar-refractivity contribution < 1.29 is 4.79 Å². The molecule has 0 spiro atoms. The zero-order chi connectivity index (χ0) is 14.1. The van der Waals surface area contributed by atoms with Crippen molar-refractivity contribution >= 4 is 39.8 Å². The average Bonchev–Trinajstić information content (AvgIpc) is 2.77. The second kappa shape index (κ2) is 5.24. The average molecular weight is 377 g/mol. The number of imidazole rings is 1. The van der Waals surface area contributed by atoms with Gasteiger partial charge in [0, 0.05) is 15.5 Å². The number of nitrogens with one attached hydrogen (secondary N) is 1. The minimum Gasteiger partial charge on any atom is -0.321 e. The number of carbonyl (C=O) groups is 1. The first-order valence-electron chi connectivity index (χ1n) is 6.16. The molecule has 0 aliphatic heterocycles. The molecule has 4 nitrogen and oxygen atoms in total. The van der Waals surface area contributed by atoms with Crippen LogP contribution < -0.4 is 5.32 Å². The number of pyridine rings is 1. The number of fused-ring (bicyclic) bond motifs is 1. The van der Waals surface area contributed by atoms with E-state index in [1.165, 1.54) is 0 Å². The molecule has 1 aromatic carbocycles. The number of nitrogens with zero attached hydrogens (tertiary/aromatic N) is 2. The molecule has 5 heteroatoms. The Morgan fingerprint density at radius 2 is 1.95 bits per heavy atom. The maximum Gasteiger partial charge on any atom is 0.274 e. The van der Waals surface area contributed by atoms with E-state index in [1.54, 1.807) is 4.40 Å². The van der Waals surface area contributed by atoms with Crippen molar-refractivity contribution in [2.45, 2.75) is 6.92 Å². The monoisotopic (exact) mass is 377 g/mol. The molecular weight excluding hydrogens is 365 g/mol. The summed E-state index contributed by atoms with van der Waals surface area (Å²) in [6.07, 6.45) is 1.85. The molecule has 2 heterocycles. The lowest BCUT2D eigenvalue weighted by Crippen LogP contribution is -2.15. The van der Waals surface area contributed by atoms with Gasteiger partial charge in [-0.05, 0) is 65.9 Å². The molecular formula is C15H12IN3O. The lowest BCUT2D eigenvalue weighted by Gasteiger charge is -2.06. The first-order chi connectivity index (χ1) is 9.65. The van der Waals surface area contributed by atoms with Gasteiger partial charge in [0.1, 0.15) is 11.3 Å². The first kappa shape index (κ1) is 13.1. The Morgan fingerprint density at radius 3 is 2.70 bits per heavy atom. The summed E-state index contributed by atoms with van der Waals surface area (Å²) in [5.74, 6) is -0.151. The van der Waals surface area contributed by atoms with Gasteiger partial charge in [-0.25, -0.2) is 4.98 Å². The van der Waals surface area contributed by atoms with Crippen molar-refractivity contribution in [3.8, 4) is 0 Å². The van der Waals surface area contributed by atoms with Gasteiger partial charge in [0.2, 0.25) is 0 Å². The van der Waals surface area contributed by atoms with Crippen LogP contribution >= 0.6 is 22.6 Å². The van der Waals surface area contributed by atoms with Crippen molar-refractivity contribution in [1.82, 2.24) is 9.38 Å². The van der Waals surface area contributed by atoms with Crippen LogP contribution in [0.4, 0.5) is 5.69 Å². The van der Waals surface area contributed by atoms with E-state index in [0.29, 0.717) is 5.69 Å². The minimum atomic E-state index is -0.151. The normalized spacial score (nSPS) is 10.7. The number of benzene rings is 1. The van der Waals surface area contributed by atoms with Crippen LogP contribution in [0.1, 0.15) is 16.2 Å². The molecule has 2 aromatic heterocycles. The van der Waals surface area contributed by atoms with Crippen molar-refractivity contribution in [2.75, 3.05) is 5.32 Å². The third-order valence-electron chi connectivity index (χ3n) is 3.02. The fourth-order valence-electron chi connectivity index (χ4n) is 2.11. The van der Waals surface area contributed by atoms with Crippen molar-refractivity contribution in [2.24, 2.45) is 0 Å². The molecule has 1 amide bonds. The third kappa shape index (κ3) is 2.40. The van der Waals surface area contributed by atoms with Crippen LogP contribution in [0, 0.1) is 10.5 Å². The van der Waals surface area contributed by atoms with E-state index in [0.717, 1.165) is 20.6 Å². The summed E-state index contributed by atoms with van der Waals surface area (Å²) in [5, 5.41) is 2.90. The fourth-order valence-corrected chi connectivity index (χ4v) is 2.47. The summed E-state index contributed by atoms with van der Waals surface area (Å²) in [7, 11) is 0. The maximum atomic E-state index is 12.4. The molecule has 3 rings (SSSR count). The van der Waals surface area contributed by atoms with Crippen LogP contribution in [0.2, 0.25) is 0 Å². The third-order valence-corrected chi connectivity index (χ3v) is 3.74. The number of anilines is 1. The van der Waals surface area contributed by atoms with Gasteiger partial charge in [-0.15, -0.1) is 0 Å². The van der Waals surface area contributed by atoms with E-state index in [2.05, 4.69) is 32.9 Å². The Balaban J connectivity index is 1.96. The second-order valence-corrected chi connectivity index (χ2v) is 5.68. The van der Waals surface area contributed by atoms with Crippen molar-refractivity contribution in [3.63, 3.8) is 0 Å². The molecule has 0 radical (unpaired) electrons. The SMILES string of the molecule is Cc1nc2ccccn2c1C(=O)Nc1ccc(I)cc1. The molecule has 20 heavy (non-hydrogen) atoms. The van der Waals surface area contributed by atoms with E-state index >= 15 is 0 Å². The van der Waals surface area contributed by atoms with Crippen LogP contribution in [0.25, 0.3) is 5.65 Å². The van der Waals surface area contributed by atoms with E-state index in [4.69, 9.17) is 0 Å². The highest BCUT2D eigenvalue weighted by Crippen LogP contribution is 2.16. The summed E-state index contributed by atoms with van der Waals surface area (Å²) in [6, 6.07) is 13.4. The number of hydrogen-bond donors (Lipinski definition) is 1. The lowest BCUT2D eigenvalue weighted by atomic mass is 10.3. The number of hydrogen-bond acceptors (Lipinski definition) is 2. The Hall–Kier alpha value is -1.89. The standard InChI is InChI=1S/C15H12IN3O/c1-10-14(19-9-3-2-4-13(19)17-10)15(20)18-12-7-5-11(16)6-8-12/h2-9H,1H3,(H,18,20). The van der Waals surface area contributed by atoms with Crippen molar-refractivity contribution in [1.29, 1.82) is 0 Å². The highest BCUT2D eigenvalue weighted by molar-refractivity contribution is 14.1. The Bertz CT molecular complexity index is 777. The highest BCUT2D eigenvalue weighted by atomic mass is 127. The topological polar surface area (TPSA) is 46.4 Å². The summed E-state index contributed by atoms with van der Waals surface area (Å²) in [6.45, 7) is 1.84. The predicted octanol–water partition coefficient (Wildman–Crippen LogP) is 3.50. The molecule has 0 aliphatic rings. The fraction of sp³-hybridized carbons (Fsp3) is 0.0667. The molecule has 0 bridgehead atoms. The Morgan fingerprint density at radius 1 is 1.20 bits per heavy atom. The molecule has 3 aromatic rings. The number of aromatic nitrogens is 2. The highest BCUT2D eigenvalue weighted by Gasteiger charge is 2.16. The molecule has 0 fully saturated rings. The smallest absolute Gasteiger partial charge is 0.274 e. The first-order valence-corrected chi connectivity index (χ1v) is 7.23. The van der Waals surface area contributed by atoms with E-state index in [1.807, 2.05) is 55.6 Å². The number of carbonyl (C=O) groups excluding carboxylic acids is 1. The van der Waals surface area contributed by atoms with Gasteiger partial charge in [-0.3, -0.25) is 9.20 Å². The van der Waals surface area contributed by atoms with E-state index in [9.17, 15) is 4.79 Å². The minimum absolute atomic E-state index is 0.151. The predicted molar refractivity (Wildman–Crippen MR) is 87.0 cm³/mol. The lowest BCUT2D eigenvalue weighted by molar-refractivity contribution is 0.102. The molecule has 0 saturated heterocycles. The second-order valence-electron chi connectivity index (χ2n) is 4.44. The largest absolute Gasteiger partial charge is 0.321 e. The zero-order valence-corrected chi connectivity index (χ0v) is 13.0. The molecule has 0 atom stereocenters. The molecule has 0 aliphatic carbocycles. The molecule has 100 valence electrons. The van der Waals surface area contributed by atoms with Crippen LogP contribution in [0.3, 0.4) is 0 Å². The van der Waals surface area contributed by atoms with Crippen LogP contribution in [-0.2, 0) is 0 Å². The number of aryl methyl sites for hydroxylation is 1. The molecule has 0 unspecified atom stereocenters. The van der Waals surface area contributed by atoms with Gasteiger partial charge in [0.15, 0.2) is 0 Å². The summed E-state index contributed by atoms with van der Waals surface area (Å²) < 4.78 is 2.93. The summed E-state index contributed by atoms with van der Waals surface area (Å²) >= 11 is 2.23. The molecule has 1 N–H and O–H groups in total. The van der Waals surface area contributed by atoms with Crippen LogP contribution in [0.15, 0.2) is 48.7 Å². The van der Waals surface area contributed by atoms with Gasteiger partial charge < -0.3 is 5.32 Å². The Labute approximate surface area is 130 Å². The summed E-state index contributed by atoms with van der Waals surface area (Å²) in [5.41, 5.74) is 2.84. The van der Waals surface area contributed by atoms with E-state index < -0.39 is 0 Å². The van der Waals surface area contributed by atoms with Crippen LogP contribution in [0.5, 0.6) is 0 Å². The van der Waals surface area contributed by atoms with E-state index in [-0.39, 0.29) is 5.91 Å². The summed E-state index contributed by atoms with van der Waals surface area (Å²) in [4.78, 5) is 16.8. The number of rotatable bonds is 2. The van der Waals surface area contributed by atoms with Crippen LogP contribution in [-0.4, -0.2) is 15.3 Å². The van der Waals surface area contributed by atoms with Gasteiger partial charge in [-0.2, -0.15) is 0 Å². The maximum absolute atomic E-state index is 12.4. The Kier molecular flexibility index (Phi) is 3.43. The number of amides is 1. The zero-order valence-electron chi connectivity index (χ0n) is 10.8. The molecule has 0 saturated carbocycles.